The van der Waals surface area contributed by atoms with Crippen molar-refractivity contribution < 1.29 is 19.7 Å². The van der Waals surface area contributed by atoms with Crippen LogP contribution in [0.5, 0.6) is 0 Å². The summed E-state index contributed by atoms with van der Waals surface area (Å²) in [5.41, 5.74) is 0.764. The Morgan fingerprint density at radius 3 is 2.90 bits per heavy atom. The number of nitrogens with zero attached hydrogens (tertiary/aromatic N) is 6. The highest BCUT2D eigenvalue weighted by Crippen LogP contribution is 2.36. The van der Waals surface area contributed by atoms with Crippen LogP contribution in [0.3, 0.4) is 0 Å². The monoisotopic (exact) mass is 419 g/mol. The first-order chi connectivity index (χ1) is 14.1. The van der Waals surface area contributed by atoms with Crippen LogP contribution in [0.2, 0.25) is 0 Å². The van der Waals surface area contributed by atoms with Gasteiger partial charge in [-0.2, -0.15) is 17.0 Å². The van der Waals surface area contributed by atoms with Gasteiger partial charge in [0.2, 0.25) is 0 Å². The first-order valence-corrected chi connectivity index (χ1v) is 10.6. The number of rotatable bonds is 6. The van der Waals surface area contributed by atoms with Crippen LogP contribution in [-0.4, -0.2) is 78.7 Å². The Labute approximate surface area is 170 Å². The molecule has 1 aliphatic carbocycles. The van der Waals surface area contributed by atoms with Crippen molar-refractivity contribution in [1.29, 1.82) is 5.26 Å². The summed E-state index contributed by atoms with van der Waals surface area (Å²) in [7, 11) is 0. The number of carbonyl (C=O) groups excluding carboxylic acids is 1. The third kappa shape index (κ3) is 3.62. The van der Waals surface area contributed by atoms with E-state index in [0.29, 0.717) is 22.7 Å². The van der Waals surface area contributed by atoms with Crippen molar-refractivity contribution in [1.82, 2.24) is 24.8 Å². The number of carbonyl (C=O) groups is 1. The molecule has 4 rings (SSSR count). The summed E-state index contributed by atoms with van der Waals surface area (Å²) in [5.74, 6) is 0.872. The number of hydrogen-bond donors (Lipinski definition) is 3. The van der Waals surface area contributed by atoms with Gasteiger partial charge in [-0.05, 0) is 19.1 Å². The van der Waals surface area contributed by atoms with E-state index in [1.54, 1.807) is 4.57 Å². The van der Waals surface area contributed by atoms with Crippen LogP contribution in [0, 0.1) is 11.3 Å². The lowest BCUT2D eigenvalue weighted by Gasteiger charge is -2.21. The lowest BCUT2D eigenvalue weighted by molar-refractivity contribution is -0.0288. The molecular weight excluding hydrogens is 398 g/mol. The summed E-state index contributed by atoms with van der Waals surface area (Å²) < 4.78 is 7.40. The fourth-order valence-corrected chi connectivity index (χ4v) is 4.04. The Bertz CT molecular complexity index is 943. The van der Waals surface area contributed by atoms with Crippen molar-refractivity contribution in [3.05, 3.63) is 12.7 Å². The van der Waals surface area contributed by atoms with Crippen molar-refractivity contribution in [2.45, 2.75) is 43.4 Å². The molecule has 4 atom stereocenters. The molecule has 12 heteroatoms. The highest BCUT2D eigenvalue weighted by Gasteiger charge is 2.44. The van der Waals surface area contributed by atoms with Crippen molar-refractivity contribution in [3.63, 3.8) is 0 Å². The van der Waals surface area contributed by atoms with Crippen LogP contribution >= 0.6 is 11.8 Å². The molecule has 1 aliphatic heterocycles. The van der Waals surface area contributed by atoms with E-state index in [-0.39, 0.29) is 12.6 Å². The Kier molecular flexibility index (Phi) is 5.55. The van der Waals surface area contributed by atoms with Crippen LogP contribution < -0.4 is 10.2 Å². The van der Waals surface area contributed by atoms with Gasteiger partial charge < -0.3 is 20.3 Å². The molecule has 3 N–H and O–H groups in total. The summed E-state index contributed by atoms with van der Waals surface area (Å²) in [6.45, 7) is -0.110. The van der Waals surface area contributed by atoms with E-state index >= 15 is 0 Å². The molecule has 2 amide bonds. The molecule has 0 radical (unpaired) electrons. The fourth-order valence-electron chi connectivity index (χ4n) is 3.43. The molecule has 2 fully saturated rings. The van der Waals surface area contributed by atoms with Gasteiger partial charge in [0.1, 0.15) is 25.1 Å². The molecule has 2 aromatic rings. The highest BCUT2D eigenvalue weighted by atomic mass is 32.2. The SMILES string of the molecule is CSC[C@H]1O[C@@H](n2cnc3c(N(C(=O)NCC#N)C4CC4)ncnc32)[C@H](O)[C@@H]1O. The van der Waals surface area contributed by atoms with Crippen molar-refractivity contribution >= 4 is 34.8 Å². The quantitative estimate of drug-likeness (QED) is 0.550. The zero-order valence-corrected chi connectivity index (χ0v) is 16.5. The second-order valence-corrected chi connectivity index (χ2v) is 7.85. The minimum absolute atomic E-state index is 0.0157. The lowest BCUT2D eigenvalue weighted by atomic mass is 10.1. The molecule has 29 heavy (non-hydrogen) atoms. The number of nitriles is 1. The second kappa shape index (κ2) is 8.11. The Balaban J connectivity index is 1.68. The molecule has 0 spiro atoms. The normalized spacial score (nSPS) is 26.4. The molecule has 2 aliphatic rings. The maximum atomic E-state index is 12.6. The third-order valence-corrected chi connectivity index (χ3v) is 5.62. The maximum Gasteiger partial charge on any atom is 0.324 e. The third-order valence-electron chi connectivity index (χ3n) is 4.96. The second-order valence-electron chi connectivity index (χ2n) is 6.94. The molecular formula is C17H21N7O4S. The Morgan fingerprint density at radius 1 is 1.41 bits per heavy atom. The first kappa shape index (κ1) is 19.8. The van der Waals surface area contributed by atoms with E-state index in [2.05, 4.69) is 20.3 Å². The van der Waals surface area contributed by atoms with Gasteiger partial charge in [0, 0.05) is 11.8 Å². The highest BCUT2D eigenvalue weighted by molar-refractivity contribution is 7.98. The minimum Gasteiger partial charge on any atom is -0.387 e. The van der Waals surface area contributed by atoms with E-state index < -0.39 is 30.6 Å². The lowest BCUT2D eigenvalue weighted by Crippen LogP contribution is -2.42. The number of urea groups is 1. The smallest absolute Gasteiger partial charge is 0.324 e. The number of aliphatic hydroxyl groups excluding tert-OH is 2. The molecule has 2 aromatic heterocycles. The predicted molar refractivity (Wildman–Crippen MR) is 104 cm³/mol. The van der Waals surface area contributed by atoms with Gasteiger partial charge in [-0.1, -0.05) is 0 Å². The molecule has 3 heterocycles. The van der Waals surface area contributed by atoms with E-state index in [9.17, 15) is 15.0 Å². The van der Waals surface area contributed by atoms with Crippen LogP contribution in [0.25, 0.3) is 11.2 Å². The molecule has 11 nitrogen and oxygen atoms in total. The van der Waals surface area contributed by atoms with E-state index in [1.165, 1.54) is 29.3 Å². The molecule has 154 valence electrons. The molecule has 1 saturated heterocycles. The fraction of sp³-hybridized carbons (Fsp3) is 0.588. The number of fused-ring (bicyclic) bond motifs is 1. The van der Waals surface area contributed by atoms with Gasteiger partial charge in [0.25, 0.3) is 0 Å². The number of ether oxygens (including phenoxy) is 1. The number of nitrogens with one attached hydrogen (secondary N) is 1. The summed E-state index contributed by atoms with van der Waals surface area (Å²) in [4.78, 5) is 26.9. The first-order valence-electron chi connectivity index (χ1n) is 9.19. The molecule has 0 aromatic carbocycles. The van der Waals surface area contributed by atoms with Crippen molar-refractivity contribution in [2.75, 3.05) is 23.5 Å². The van der Waals surface area contributed by atoms with Gasteiger partial charge in [0.15, 0.2) is 23.2 Å². The van der Waals surface area contributed by atoms with Crippen LogP contribution in [0.4, 0.5) is 10.6 Å². The number of anilines is 1. The zero-order valence-electron chi connectivity index (χ0n) is 15.7. The summed E-state index contributed by atoms with van der Waals surface area (Å²) in [6, 6.07) is 1.45. The Hall–Kier alpha value is -2.46. The number of aromatic nitrogens is 4. The average molecular weight is 419 g/mol. The molecule has 0 bridgehead atoms. The average Bonchev–Trinajstić information content (AvgIpc) is 3.40. The topological polar surface area (TPSA) is 149 Å². The van der Waals surface area contributed by atoms with E-state index in [1.807, 2.05) is 12.3 Å². The number of aliphatic hydroxyl groups is 2. The largest absolute Gasteiger partial charge is 0.387 e. The number of amides is 2. The summed E-state index contributed by atoms with van der Waals surface area (Å²) in [5, 5.41) is 32.0. The van der Waals surface area contributed by atoms with Gasteiger partial charge in [-0.25, -0.2) is 19.7 Å². The zero-order chi connectivity index (χ0) is 20.5. The molecule has 1 saturated carbocycles. The van der Waals surface area contributed by atoms with E-state index in [4.69, 9.17) is 10.00 Å². The van der Waals surface area contributed by atoms with Crippen LogP contribution in [0.15, 0.2) is 12.7 Å². The summed E-state index contributed by atoms with van der Waals surface area (Å²) >= 11 is 1.51. The number of thioether (sulfide) groups is 1. The Morgan fingerprint density at radius 2 is 2.21 bits per heavy atom. The number of hydrogen-bond acceptors (Lipinski definition) is 9. The van der Waals surface area contributed by atoms with Crippen molar-refractivity contribution in [3.8, 4) is 6.07 Å². The van der Waals surface area contributed by atoms with Crippen LogP contribution in [0.1, 0.15) is 19.1 Å². The van der Waals surface area contributed by atoms with Gasteiger partial charge in [-0.15, -0.1) is 0 Å². The van der Waals surface area contributed by atoms with Crippen molar-refractivity contribution in [2.24, 2.45) is 0 Å². The van der Waals surface area contributed by atoms with Crippen LogP contribution in [-0.2, 0) is 4.74 Å². The maximum absolute atomic E-state index is 12.6. The van der Waals surface area contributed by atoms with Gasteiger partial charge in [-0.3, -0.25) is 9.47 Å². The minimum atomic E-state index is -1.14. The predicted octanol–water partition coefficient (Wildman–Crippen LogP) is 0.0105. The standard InChI is InChI=1S/C17H21N7O4S/c1-29-6-10-12(25)13(26)16(28-10)23-8-22-11-14(23)20-7-21-15(11)24(9-2-3-9)17(27)19-5-4-18/h7-10,12-13,16,25-26H,2-3,5-6H2,1H3,(H,19,27)/t10-,12-,13-,16-/m1/s1. The summed E-state index contributed by atoms with van der Waals surface area (Å²) in [6.07, 6.45) is 2.82. The molecule has 0 unspecified atom stereocenters. The van der Waals surface area contributed by atoms with Gasteiger partial charge in [0.05, 0.1) is 18.5 Å². The van der Waals surface area contributed by atoms with Gasteiger partial charge >= 0.3 is 6.03 Å². The van der Waals surface area contributed by atoms with E-state index in [0.717, 1.165) is 12.8 Å². The number of imidazole rings is 1.